The van der Waals surface area contributed by atoms with Crippen LogP contribution < -0.4 is 5.32 Å². The van der Waals surface area contributed by atoms with Crippen molar-refractivity contribution in [1.82, 2.24) is 25.0 Å². The summed E-state index contributed by atoms with van der Waals surface area (Å²) in [5.74, 6) is 0.139. The molecule has 0 aliphatic carbocycles. The maximum Gasteiger partial charge on any atom is 0.252 e. The molecule has 0 unspecified atom stereocenters. The molecule has 3 heterocycles. The number of nitrogens with one attached hydrogen (secondary N) is 1. The Balaban J connectivity index is 1.81. The maximum absolute atomic E-state index is 13.2. The molecule has 0 aromatic carbocycles. The fraction of sp³-hybridized carbons (Fsp3) is 0.667. The van der Waals surface area contributed by atoms with Crippen molar-refractivity contribution in [2.75, 3.05) is 19.6 Å². The van der Waals surface area contributed by atoms with Gasteiger partial charge >= 0.3 is 0 Å². The number of fused-ring (bicyclic) bond motifs is 1. The van der Waals surface area contributed by atoms with Crippen molar-refractivity contribution in [2.24, 2.45) is 0 Å². The summed E-state index contributed by atoms with van der Waals surface area (Å²) in [6.45, 7) is 14.3. The van der Waals surface area contributed by atoms with Crippen molar-refractivity contribution in [2.45, 2.75) is 85.1 Å². The van der Waals surface area contributed by atoms with Crippen LogP contribution in [0.3, 0.4) is 0 Å². The zero-order valence-corrected chi connectivity index (χ0v) is 19.9. The number of likely N-dealkylation sites (tertiary alicyclic amines) is 1. The molecule has 1 saturated heterocycles. The molecule has 31 heavy (non-hydrogen) atoms. The lowest BCUT2D eigenvalue weighted by molar-refractivity contribution is -0.131. The van der Waals surface area contributed by atoms with Gasteiger partial charge in [0.15, 0.2) is 5.65 Å². The Morgan fingerprint density at radius 2 is 1.77 bits per heavy atom. The molecule has 0 bridgehead atoms. The molecule has 2 aromatic rings. The van der Waals surface area contributed by atoms with Gasteiger partial charge in [0.2, 0.25) is 5.91 Å². The van der Waals surface area contributed by atoms with E-state index in [0.717, 1.165) is 48.4 Å². The molecule has 1 N–H and O–H groups in total. The second kappa shape index (κ2) is 9.37. The van der Waals surface area contributed by atoms with Crippen LogP contribution in [0.1, 0.15) is 94.4 Å². The fourth-order valence-corrected chi connectivity index (χ4v) is 4.11. The first-order valence-corrected chi connectivity index (χ1v) is 11.6. The van der Waals surface area contributed by atoms with Crippen LogP contribution in [0, 0.1) is 6.92 Å². The summed E-state index contributed by atoms with van der Waals surface area (Å²) < 4.78 is 1.91. The molecule has 7 heteroatoms. The highest BCUT2D eigenvalue weighted by Crippen LogP contribution is 2.28. The lowest BCUT2D eigenvalue weighted by Gasteiger charge is -2.21. The average Bonchev–Trinajstić information content (AvgIpc) is 2.88. The van der Waals surface area contributed by atoms with Gasteiger partial charge in [-0.05, 0) is 52.5 Å². The van der Waals surface area contributed by atoms with Crippen LogP contribution in [0.5, 0.6) is 0 Å². The highest BCUT2D eigenvalue weighted by atomic mass is 16.2. The molecule has 1 aliphatic rings. The van der Waals surface area contributed by atoms with Crippen LogP contribution in [0.25, 0.3) is 11.0 Å². The van der Waals surface area contributed by atoms with Crippen molar-refractivity contribution >= 4 is 22.8 Å². The molecule has 1 aliphatic heterocycles. The predicted octanol–water partition coefficient (Wildman–Crippen LogP) is 4.14. The van der Waals surface area contributed by atoms with Gasteiger partial charge in [-0.3, -0.25) is 9.59 Å². The first kappa shape index (κ1) is 23.2. The summed E-state index contributed by atoms with van der Waals surface area (Å²) in [4.78, 5) is 32.5. The lowest BCUT2D eigenvalue weighted by Crippen LogP contribution is -2.35. The van der Waals surface area contributed by atoms with E-state index < -0.39 is 0 Å². The van der Waals surface area contributed by atoms with E-state index in [1.807, 2.05) is 22.6 Å². The average molecular weight is 428 g/mol. The van der Waals surface area contributed by atoms with Gasteiger partial charge < -0.3 is 10.2 Å². The minimum atomic E-state index is -0.248. The van der Waals surface area contributed by atoms with Crippen LogP contribution in [0.4, 0.5) is 0 Å². The number of hydrogen-bond acceptors (Lipinski definition) is 4. The summed E-state index contributed by atoms with van der Waals surface area (Å²) in [6.07, 6.45) is 4.86. The van der Waals surface area contributed by atoms with E-state index in [-0.39, 0.29) is 23.3 Å². The van der Waals surface area contributed by atoms with Crippen LogP contribution >= 0.6 is 0 Å². The summed E-state index contributed by atoms with van der Waals surface area (Å²) in [7, 11) is 0. The Kier molecular flexibility index (Phi) is 7.02. The number of hydrogen-bond donors (Lipinski definition) is 1. The van der Waals surface area contributed by atoms with E-state index in [0.29, 0.717) is 18.5 Å². The zero-order chi connectivity index (χ0) is 22.8. The highest BCUT2D eigenvalue weighted by molar-refractivity contribution is 6.06. The number of nitrogens with zero attached hydrogens (tertiary/aromatic N) is 4. The maximum atomic E-state index is 13.2. The van der Waals surface area contributed by atoms with Gasteiger partial charge in [0, 0.05) is 31.7 Å². The molecule has 170 valence electrons. The Morgan fingerprint density at radius 1 is 1.13 bits per heavy atom. The number of aryl methyl sites for hydroxylation is 1. The Hall–Kier alpha value is -2.44. The van der Waals surface area contributed by atoms with Crippen molar-refractivity contribution in [3.63, 3.8) is 0 Å². The molecule has 0 radical (unpaired) electrons. The van der Waals surface area contributed by atoms with Gasteiger partial charge in [0.25, 0.3) is 5.91 Å². The van der Waals surface area contributed by atoms with E-state index in [2.05, 4.69) is 39.9 Å². The van der Waals surface area contributed by atoms with Crippen LogP contribution in [0.15, 0.2) is 6.07 Å². The quantitative estimate of drug-likeness (QED) is 0.778. The third-order valence-electron chi connectivity index (χ3n) is 5.89. The molecule has 3 rings (SSSR count). The summed E-state index contributed by atoms with van der Waals surface area (Å²) in [5, 5.41) is 8.45. The number of pyridine rings is 1. The van der Waals surface area contributed by atoms with Gasteiger partial charge in [-0.2, -0.15) is 5.10 Å². The highest BCUT2D eigenvalue weighted by Gasteiger charge is 2.25. The van der Waals surface area contributed by atoms with E-state index in [1.165, 1.54) is 12.8 Å². The molecule has 0 saturated carbocycles. The monoisotopic (exact) mass is 427 g/mol. The minimum Gasteiger partial charge on any atom is -0.351 e. The Bertz CT molecular complexity index is 947. The molecule has 2 aromatic heterocycles. The normalized spacial score (nSPS) is 15.4. The second-order valence-corrected chi connectivity index (χ2v) is 9.92. The number of amides is 2. The SMILES string of the molecule is Cc1nn(C(C)(C)C)c2nc(C(C)C)cc(C(=O)NCCC(=O)N3CCCCCC3)c12. The lowest BCUT2D eigenvalue weighted by atomic mass is 10.0. The molecule has 1 fully saturated rings. The van der Waals surface area contributed by atoms with Crippen molar-refractivity contribution < 1.29 is 9.59 Å². The van der Waals surface area contributed by atoms with E-state index in [9.17, 15) is 9.59 Å². The standard InChI is InChI=1S/C24H37N5O2/c1-16(2)19-15-18(21-17(3)27-29(22(21)26-19)24(4,5)6)23(31)25-12-11-20(30)28-13-9-7-8-10-14-28/h15-16H,7-14H2,1-6H3,(H,25,31). The summed E-state index contributed by atoms with van der Waals surface area (Å²) in [5.41, 5.74) is 2.73. The molecule has 0 atom stereocenters. The first-order valence-electron chi connectivity index (χ1n) is 11.6. The topological polar surface area (TPSA) is 80.1 Å². The third-order valence-corrected chi connectivity index (χ3v) is 5.89. The van der Waals surface area contributed by atoms with E-state index in [1.54, 1.807) is 0 Å². The number of aromatic nitrogens is 3. The second-order valence-electron chi connectivity index (χ2n) is 9.92. The molecular formula is C24H37N5O2. The van der Waals surface area contributed by atoms with Gasteiger partial charge in [-0.25, -0.2) is 9.67 Å². The van der Waals surface area contributed by atoms with Gasteiger partial charge in [-0.1, -0.05) is 26.7 Å². The van der Waals surface area contributed by atoms with Crippen LogP contribution in [-0.2, 0) is 10.3 Å². The van der Waals surface area contributed by atoms with Gasteiger partial charge in [-0.15, -0.1) is 0 Å². The van der Waals surface area contributed by atoms with E-state index in [4.69, 9.17) is 10.1 Å². The molecule has 0 spiro atoms. The summed E-state index contributed by atoms with van der Waals surface area (Å²) >= 11 is 0. The number of rotatable bonds is 5. The van der Waals surface area contributed by atoms with Crippen molar-refractivity contribution in [1.29, 1.82) is 0 Å². The summed E-state index contributed by atoms with van der Waals surface area (Å²) in [6, 6.07) is 1.88. The number of carbonyl (C=O) groups is 2. The van der Waals surface area contributed by atoms with Crippen molar-refractivity contribution in [3.8, 4) is 0 Å². The van der Waals surface area contributed by atoms with Crippen LogP contribution in [0.2, 0.25) is 0 Å². The fourth-order valence-electron chi connectivity index (χ4n) is 4.11. The molecular weight excluding hydrogens is 390 g/mol. The number of carbonyl (C=O) groups excluding carboxylic acids is 2. The predicted molar refractivity (Wildman–Crippen MR) is 123 cm³/mol. The Morgan fingerprint density at radius 3 is 2.35 bits per heavy atom. The molecule has 7 nitrogen and oxygen atoms in total. The van der Waals surface area contributed by atoms with Gasteiger partial charge in [0.1, 0.15) is 0 Å². The minimum absolute atomic E-state index is 0.127. The largest absolute Gasteiger partial charge is 0.351 e. The Labute approximate surface area is 185 Å². The van der Waals surface area contributed by atoms with Crippen molar-refractivity contribution in [3.05, 3.63) is 23.0 Å². The first-order chi connectivity index (χ1) is 14.6. The smallest absolute Gasteiger partial charge is 0.252 e. The van der Waals surface area contributed by atoms with Crippen LogP contribution in [-0.4, -0.2) is 51.1 Å². The molecule has 2 amide bonds. The zero-order valence-electron chi connectivity index (χ0n) is 19.9. The van der Waals surface area contributed by atoms with E-state index >= 15 is 0 Å². The third kappa shape index (κ3) is 5.25. The van der Waals surface area contributed by atoms with Gasteiger partial charge in [0.05, 0.1) is 22.2 Å².